The van der Waals surface area contributed by atoms with E-state index in [4.69, 9.17) is 4.74 Å². The Labute approximate surface area is 232 Å². The van der Waals surface area contributed by atoms with Gasteiger partial charge in [0.25, 0.3) is 5.91 Å². The molecule has 1 aliphatic rings. The van der Waals surface area contributed by atoms with Crippen LogP contribution in [0.2, 0.25) is 0 Å². The quantitative estimate of drug-likeness (QED) is 0.209. The van der Waals surface area contributed by atoms with Crippen LogP contribution in [-0.2, 0) is 35.0 Å². The van der Waals surface area contributed by atoms with Gasteiger partial charge in [0.1, 0.15) is 11.6 Å². The minimum atomic E-state index is -3.30. The monoisotopic (exact) mass is 584 g/mol. The van der Waals surface area contributed by atoms with E-state index in [9.17, 15) is 36.7 Å². The molecular formula is C26H28F4N4O7. The van der Waals surface area contributed by atoms with E-state index < -0.39 is 79.8 Å². The molecule has 1 saturated heterocycles. The zero-order valence-corrected chi connectivity index (χ0v) is 21.8. The number of carbonyl (C=O) groups is 4. The summed E-state index contributed by atoms with van der Waals surface area (Å²) >= 11 is 0. The Hall–Kier alpha value is -3.82. The van der Waals surface area contributed by atoms with Gasteiger partial charge in [0.2, 0.25) is 11.7 Å². The number of Topliss-reactive ketones (excluding diaryl/α,β-unsaturated/α-hetero) is 2. The predicted molar refractivity (Wildman–Crippen MR) is 132 cm³/mol. The number of ether oxygens (including phenoxy) is 3. The van der Waals surface area contributed by atoms with Gasteiger partial charge < -0.3 is 24.8 Å². The van der Waals surface area contributed by atoms with Gasteiger partial charge >= 0.3 is 13.2 Å². The maximum absolute atomic E-state index is 13.2. The first-order valence-electron chi connectivity index (χ1n) is 12.4. The Morgan fingerprint density at radius 1 is 0.927 bits per heavy atom. The van der Waals surface area contributed by atoms with E-state index in [0.29, 0.717) is 5.56 Å². The molecule has 0 unspecified atom stereocenters. The van der Waals surface area contributed by atoms with Gasteiger partial charge in [0.15, 0.2) is 11.6 Å². The Morgan fingerprint density at radius 3 is 2.12 bits per heavy atom. The SMILES string of the molecule is C[C@]1(C(=O)[C@H](Cc2ccccc2)NC(=O)[C@H](COC(F)F)CC(=O)[C@H](COC(F)F)NC(=O)c2ncccn2)CO1. The second-order valence-corrected chi connectivity index (χ2v) is 9.29. The van der Waals surface area contributed by atoms with Gasteiger partial charge in [-0.25, -0.2) is 9.97 Å². The highest BCUT2D eigenvalue weighted by molar-refractivity contribution is 5.99. The normalized spacial score (nSPS) is 18.4. The number of alkyl halides is 4. The molecule has 0 radical (unpaired) electrons. The van der Waals surface area contributed by atoms with Crippen molar-refractivity contribution >= 4 is 23.4 Å². The highest BCUT2D eigenvalue weighted by Crippen LogP contribution is 2.29. The number of carbonyl (C=O) groups excluding carboxylic acids is 4. The number of rotatable bonds is 17. The number of hydrogen-bond acceptors (Lipinski definition) is 9. The number of nitrogens with one attached hydrogen (secondary N) is 2. The van der Waals surface area contributed by atoms with Gasteiger partial charge in [-0.3, -0.25) is 19.2 Å². The van der Waals surface area contributed by atoms with Crippen LogP contribution in [0.3, 0.4) is 0 Å². The van der Waals surface area contributed by atoms with Crippen LogP contribution in [0.25, 0.3) is 0 Å². The summed E-state index contributed by atoms with van der Waals surface area (Å²) in [6, 6.07) is 7.19. The first-order chi connectivity index (χ1) is 19.5. The fourth-order valence-corrected chi connectivity index (χ4v) is 3.79. The van der Waals surface area contributed by atoms with Crippen LogP contribution >= 0.6 is 0 Å². The fourth-order valence-electron chi connectivity index (χ4n) is 3.79. The zero-order valence-electron chi connectivity index (χ0n) is 21.8. The number of nitrogens with zero attached hydrogens (tertiary/aromatic N) is 2. The lowest BCUT2D eigenvalue weighted by molar-refractivity contribution is -0.155. The molecule has 2 amide bonds. The zero-order chi connectivity index (χ0) is 30.0. The van der Waals surface area contributed by atoms with Gasteiger partial charge in [-0.2, -0.15) is 17.6 Å². The van der Waals surface area contributed by atoms with Crippen LogP contribution in [0.5, 0.6) is 0 Å². The summed E-state index contributed by atoms with van der Waals surface area (Å²) in [6.07, 6.45) is 1.68. The molecule has 3 rings (SSSR count). The van der Waals surface area contributed by atoms with Gasteiger partial charge in [0, 0.05) is 18.8 Å². The van der Waals surface area contributed by atoms with E-state index in [0.717, 1.165) is 0 Å². The summed E-state index contributed by atoms with van der Waals surface area (Å²) in [6.45, 7) is -6.88. The summed E-state index contributed by atoms with van der Waals surface area (Å²) < 4.78 is 64.9. The maximum atomic E-state index is 13.2. The van der Waals surface area contributed by atoms with Crippen LogP contribution in [0.4, 0.5) is 17.6 Å². The number of benzene rings is 1. The molecule has 1 fully saturated rings. The molecule has 15 heteroatoms. The Kier molecular flexibility index (Phi) is 11.4. The topological polar surface area (TPSA) is 149 Å². The standard InChI is InChI=1S/C26H28F4N4O7/c1-26(14-41-26)20(36)17(10-15-6-3-2-4-7-15)33-22(37)16(12-39-24(27)28)11-19(35)18(13-40-25(29)30)34-23(38)21-31-8-5-9-32-21/h2-9,16-18,24-25H,10-14H2,1H3,(H,33,37)(H,34,38)/t16-,17-,18-,26+/m0/s1. The summed E-state index contributed by atoms with van der Waals surface area (Å²) in [7, 11) is 0. The molecule has 0 bridgehead atoms. The largest absolute Gasteiger partial charge is 0.361 e. The van der Waals surface area contributed by atoms with Crippen molar-refractivity contribution in [3.63, 3.8) is 0 Å². The predicted octanol–water partition coefficient (Wildman–Crippen LogP) is 1.71. The lowest BCUT2D eigenvalue weighted by Crippen LogP contribution is -2.51. The molecule has 41 heavy (non-hydrogen) atoms. The number of epoxide rings is 1. The molecule has 222 valence electrons. The molecule has 4 atom stereocenters. The molecule has 1 aromatic carbocycles. The van der Waals surface area contributed by atoms with E-state index in [1.54, 1.807) is 30.3 Å². The summed E-state index contributed by atoms with van der Waals surface area (Å²) in [5.41, 5.74) is -0.458. The van der Waals surface area contributed by atoms with Gasteiger partial charge in [-0.1, -0.05) is 30.3 Å². The van der Waals surface area contributed by atoms with Gasteiger partial charge in [-0.05, 0) is 25.0 Å². The second kappa shape index (κ2) is 14.7. The first kappa shape index (κ1) is 31.7. The molecule has 0 aliphatic carbocycles. The lowest BCUT2D eigenvalue weighted by Gasteiger charge is -2.24. The Bertz CT molecular complexity index is 1190. The smallest absolute Gasteiger partial charge is 0.345 e. The van der Waals surface area contributed by atoms with Crippen molar-refractivity contribution in [2.24, 2.45) is 5.92 Å². The van der Waals surface area contributed by atoms with Crippen molar-refractivity contribution in [3.05, 3.63) is 60.2 Å². The number of aromatic nitrogens is 2. The minimum Gasteiger partial charge on any atom is -0.361 e. The summed E-state index contributed by atoms with van der Waals surface area (Å²) in [5.74, 6) is -5.42. The van der Waals surface area contributed by atoms with Gasteiger partial charge in [-0.15, -0.1) is 0 Å². The highest BCUT2D eigenvalue weighted by atomic mass is 19.3. The third kappa shape index (κ3) is 9.95. The van der Waals surface area contributed by atoms with Crippen LogP contribution in [0.15, 0.2) is 48.8 Å². The van der Waals surface area contributed by atoms with Crippen molar-refractivity contribution < 1.29 is 51.0 Å². The molecule has 0 spiro atoms. The molecular weight excluding hydrogens is 556 g/mol. The number of halogens is 4. The Morgan fingerprint density at radius 2 is 1.54 bits per heavy atom. The van der Waals surface area contributed by atoms with Crippen LogP contribution in [-0.4, -0.2) is 84.1 Å². The fraction of sp³-hybridized carbons (Fsp3) is 0.462. The number of amides is 2. The molecule has 1 aromatic heterocycles. The molecule has 2 N–H and O–H groups in total. The van der Waals surface area contributed by atoms with Crippen molar-refractivity contribution in [2.75, 3.05) is 19.8 Å². The van der Waals surface area contributed by atoms with Crippen molar-refractivity contribution in [3.8, 4) is 0 Å². The third-order valence-corrected chi connectivity index (χ3v) is 6.11. The first-order valence-corrected chi connectivity index (χ1v) is 12.4. The van der Waals surface area contributed by atoms with Crippen molar-refractivity contribution in [2.45, 2.75) is 50.7 Å². The third-order valence-electron chi connectivity index (χ3n) is 6.11. The van der Waals surface area contributed by atoms with Crippen LogP contribution < -0.4 is 10.6 Å². The molecule has 1 aliphatic heterocycles. The molecule has 2 heterocycles. The van der Waals surface area contributed by atoms with Crippen molar-refractivity contribution in [1.82, 2.24) is 20.6 Å². The number of ketones is 2. The molecule has 2 aromatic rings. The van der Waals surface area contributed by atoms with E-state index in [2.05, 4.69) is 30.1 Å². The molecule has 11 nitrogen and oxygen atoms in total. The van der Waals surface area contributed by atoms with Gasteiger partial charge in [0.05, 0.1) is 31.8 Å². The van der Waals surface area contributed by atoms with E-state index >= 15 is 0 Å². The Balaban J connectivity index is 1.77. The highest BCUT2D eigenvalue weighted by Gasteiger charge is 2.50. The maximum Gasteiger partial charge on any atom is 0.345 e. The van der Waals surface area contributed by atoms with E-state index in [1.807, 2.05) is 0 Å². The van der Waals surface area contributed by atoms with Crippen LogP contribution in [0, 0.1) is 5.92 Å². The molecule has 0 saturated carbocycles. The van der Waals surface area contributed by atoms with E-state index in [1.165, 1.54) is 25.4 Å². The summed E-state index contributed by atoms with van der Waals surface area (Å²) in [5, 5.41) is 4.65. The van der Waals surface area contributed by atoms with Crippen LogP contribution in [0.1, 0.15) is 29.5 Å². The minimum absolute atomic E-state index is 0.0404. The average molecular weight is 585 g/mol. The number of hydrogen-bond donors (Lipinski definition) is 2. The van der Waals surface area contributed by atoms with E-state index in [-0.39, 0.29) is 18.9 Å². The van der Waals surface area contributed by atoms with Crippen molar-refractivity contribution in [1.29, 1.82) is 0 Å². The lowest BCUT2D eigenvalue weighted by atomic mass is 9.93. The second-order valence-electron chi connectivity index (χ2n) is 9.29. The summed E-state index contributed by atoms with van der Waals surface area (Å²) in [4.78, 5) is 59.2. The average Bonchev–Trinajstić information content (AvgIpc) is 3.71.